The Hall–Kier alpha value is 0.210. The van der Waals surface area contributed by atoms with E-state index in [1.807, 2.05) is 0 Å². The molecule has 2 nitrogen and oxygen atoms in total. The minimum absolute atomic E-state index is 0. The summed E-state index contributed by atoms with van der Waals surface area (Å²) >= 11 is 0. The quantitative estimate of drug-likeness (QED) is 0.824. The van der Waals surface area contributed by atoms with E-state index in [0.29, 0.717) is 6.04 Å². The molecule has 0 amide bonds. The topological polar surface area (TPSA) is 15.3 Å². The number of hydrogen-bond donors (Lipinski definition) is 1. The van der Waals surface area contributed by atoms with Gasteiger partial charge in [0.15, 0.2) is 0 Å². The summed E-state index contributed by atoms with van der Waals surface area (Å²) in [6, 6.07) is 1.54. The zero-order chi connectivity index (χ0) is 10.7. The van der Waals surface area contributed by atoms with Gasteiger partial charge in [0.25, 0.3) is 0 Å². The first-order valence-corrected chi connectivity index (χ1v) is 6.75. The normalized spacial score (nSPS) is 30.9. The zero-order valence-corrected chi connectivity index (χ0v) is 11.6. The van der Waals surface area contributed by atoms with Crippen LogP contribution in [0.5, 0.6) is 0 Å². The maximum atomic E-state index is 3.62. The van der Waals surface area contributed by atoms with Crippen LogP contribution in [0, 0.1) is 5.92 Å². The number of fused-ring (bicyclic) bond motifs is 1. The summed E-state index contributed by atoms with van der Waals surface area (Å²) in [7, 11) is 0. The minimum Gasteiger partial charge on any atom is -0.314 e. The van der Waals surface area contributed by atoms with Crippen molar-refractivity contribution >= 4 is 12.4 Å². The molecule has 1 N–H and O–H groups in total. The Bertz CT molecular complexity index is 194. The van der Waals surface area contributed by atoms with Gasteiger partial charge in [0, 0.05) is 12.1 Å². The van der Waals surface area contributed by atoms with E-state index in [9.17, 15) is 0 Å². The maximum absolute atomic E-state index is 3.62. The molecule has 0 aliphatic carbocycles. The average Bonchev–Trinajstić information content (AvgIpc) is 2.26. The molecule has 0 saturated carbocycles. The van der Waals surface area contributed by atoms with E-state index in [4.69, 9.17) is 0 Å². The molecule has 0 aromatic heterocycles. The molecule has 0 radical (unpaired) electrons. The van der Waals surface area contributed by atoms with Gasteiger partial charge in [0.05, 0.1) is 0 Å². The van der Waals surface area contributed by atoms with Gasteiger partial charge >= 0.3 is 0 Å². The van der Waals surface area contributed by atoms with Crippen molar-refractivity contribution in [3.63, 3.8) is 0 Å². The molecular weight excluding hydrogens is 220 g/mol. The number of halogens is 1. The van der Waals surface area contributed by atoms with Crippen LogP contribution in [-0.4, -0.2) is 36.6 Å². The van der Waals surface area contributed by atoms with Crippen molar-refractivity contribution in [2.45, 2.75) is 58.0 Å². The first-order chi connectivity index (χ1) is 7.27. The van der Waals surface area contributed by atoms with Crippen LogP contribution >= 0.6 is 12.4 Å². The lowest BCUT2D eigenvalue weighted by atomic mass is 9.83. The molecule has 0 spiro atoms. The standard InChI is InChI=1S/C13H26N2.ClH/c1-11(2)14-10-12-6-5-9-15-8-4-3-7-13(12)15;/h11-14H,3-10H2,1-2H3;1H/t12-,13+;/m0./s1. The van der Waals surface area contributed by atoms with Crippen molar-refractivity contribution in [3.05, 3.63) is 0 Å². The van der Waals surface area contributed by atoms with Crippen LogP contribution < -0.4 is 5.32 Å². The Balaban J connectivity index is 0.00000128. The van der Waals surface area contributed by atoms with E-state index in [0.717, 1.165) is 12.0 Å². The van der Waals surface area contributed by atoms with E-state index in [-0.39, 0.29) is 12.4 Å². The lowest BCUT2D eigenvalue weighted by Crippen LogP contribution is -2.51. The van der Waals surface area contributed by atoms with E-state index in [1.54, 1.807) is 0 Å². The zero-order valence-electron chi connectivity index (χ0n) is 10.7. The van der Waals surface area contributed by atoms with Crippen molar-refractivity contribution in [2.75, 3.05) is 19.6 Å². The van der Waals surface area contributed by atoms with E-state index >= 15 is 0 Å². The molecular formula is C13H27ClN2. The number of rotatable bonds is 3. The average molecular weight is 247 g/mol. The number of nitrogens with one attached hydrogen (secondary N) is 1. The second kappa shape index (κ2) is 6.83. The molecule has 0 bridgehead atoms. The van der Waals surface area contributed by atoms with Crippen molar-refractivity contribution in [1.82, 2.24) is 10.2 Å². The van der Waals surface area contributed by atoms with Gasteiger partial charge in [-0.25, -0.2) is 0 Å². The largest absolute Gasteiger partial charge is 0.314 e. The Morgan fingerprint density at radius 2 is 1.88 bits per heavy atom. The van der Waals surface area contributed by atoms with Crippen LogP contribution in [0.2, 0.25) is 0 Å². The van der Waals surface area contributed by atoms with E-state index < -0.39 is 0 Å². The third kappa shape index (κ3) is 3.61. The first kappa shape index (κ1) is 14.3. The fourth-order valence-corrected chi connectivity index (χ4v) is 3.20. The molecule has 2 rings (SSSR count). The monoisotopic (exact) mass is 246 g/mol. The minimum atomic E-state index is 0. The van der Waals surface area contributed by atoms with Crippen molar-refractivity contribution in [1.29, 1.82) is 0 Å². The van der Waals surface area contributed by atoms with Crippen molar-refractivity contribution < 1.29 is 0 Å². The van der Waals surface area contributed by atoms with Gasteiger partial charge < -0.3 is 10.2 Å². The molecule has 2 atom stereocenters. The fourth-order valence-electron chi connectivity index (χ4n) is 3.20. The SMILES string of the molecule is CC(C)NC[C@@H]1CCCN2CCCC[C@H]12.Cl. The van der Waals surface area contributed by atoms with E-state index in [1.165, 1.54) is 51.7 Å². The van der Waals surface area contributed by atoms with Crippen LogP contribution in [0.25, 0.3) is 0 Å². The Morgan fingerprint density at radius 3 is 2.62 bits per heavy atom. The smallest absolute Gasteiger partial charge is 0.0136 e. The van der Waals surface area contributed by atoms with Gasteiger partial charge in [-0.15, -0.1) is 12.4 Å². The van der Waals surface area contributed by atoms with Crippen molar-refractivity contribution in [2.24, 2.45) is 5.92 Å². The number of piperidine rings is 2. The van der Waals surface area contributed by atoms with Gasteiger partial charge in [0.1, 0.15) is 0 Å². The summed E-state index contributed by atoms with van der Waals surface area (Å²) in [5, 5.41) is 3.62. The summed E-state index contributed by atoms with van der Waals surface area (Å²) in [5.74, 6) is 0.918. The van der Waals surface area contributed by atoms with Crippen molar-refractivity contribution in [3.8, 4) is 0 Å². The Morgan fingerprint density at radius 1 is 1.12 bits per heavy atom. The van der Waals surface area contributed by atoms with Gasteiger partial charge in [-0.05, 0) is 51.2 Å². The molecule has 0 unspecified atom stereocenters. The molecule has 2 heterocycles. The van der Waals surface area contributed by atoms with Crippen LogP contribution in [0.4, 0.5) is 0 Å². The predicted molar refractivity (Wildman–Crippen MR) is 72.3 cm³/mol. The second-order valence-corrected chi connectivity index (χ2v) is 5.56. The van der Waals surface area contributed by atoms with Crippen LogP contribution in [0.3, 0.4) is 0 Å². The highest BCUT2D eigenvalue weighted by atomic mass is 35.5. The number of hydrogen-bond acceptors (Lipinski definition) is 2. The van der Waals surface area contributed by atoms with Gasteiger partial charge in [-0.1, -0.05) is 20.3 Å². The molecule has 0 aromatic carbocycles. The second-order valence-electron chi connectivity index (χ2n) is 5.56. The molecule has 16 heavy (non-hydrogen) atoms. The molecule has 2 saturated heterocycles. The fraction of sp³-hybridized carbons (Fsp3) is 1.00. The van der Waals surface area contributed by atoms with Gasteiger partial charge in [0.2, 0.25) is 0 Å². The molecule has 2 fully saturated rings. The lowest BCUT2D eigenvalue weighted by molar-refractivity contribution is 0.0587. The highest BCUT2D eigenvalue weighted by Gasteiger charge is 2.32. The molecule has 0 aromatic rings. The molecule has 2 aliphatic heterocycles. The maximum Gasteiger partial charge on any atom is 0.0136 e. The molecule has 3 heteroatoms. The number of nitrogens with zero attached hydrogens (tertiary/aromatic N) is 1. The summed E-state index contributed by atoms with van der Waals surface area (Å²) in [4.78, 5) is 2.75. The Labute approximate surface area is 107 Å². The van der Waals surface area contributed by atoms with Gasteiger partial charge in [-0.3, -0.25) is 0 Å². The van der Waals surface area contributed by atoms with Crippen LogP contribution in [-0.2, 0) is 0 Å². The summed E-state index contributed by atoms with van der Waals surface area (Å²) in [5.41, 5.74) is 0. The summed E-state index contributed by atoms with van der Waals surface area (Å²) < 4.78 is 0. The Kier molecular flexibility index (Phi) is 6.09. The van der Waals surface area contributed by atoms with E-state index in [2.05, 4.69) is 24.1 Å². The highest BCUT2D eigenvalue weighted by molar-refractivity contribution is 5.85. The van der Waals surface area contributed by atoms with Crippen LogP contribution in [0.15, 0.2) is 0 Å². The van der Waals surface area contributed by atoms with Gasteiger partial charge in [-0.2, -0.15) is 0 Å². The highest BCUT2D eigenvalue weighted by Crippen LogP contribution is 2.30. The summed E-state index contributed by atoms with van der Waals surface area (Å²) in [6.45, 7) is 8.47. The third-order valence-corrected chi connectivity index (χ3v) is 4.02. The third-order valence-electron chi connectivity index (χ3n) is 4.02. The molecule has 96 valence electrons. The summed E-state index contributed by atoms with van der Waals surface area (Å²) in [6.07, 6.45) is 7.20. The predicted octanol–water partition coefficient (Wildman–Crippen LogP) is 2.67. The first-order valence-electron chi connectivity index (χ1n) is 6.75. The lowest BCUT2D eigenvalue weighted by Gasteiger charge is -2.44. The van der Waals surface area contributed by atoms with Crippen LogP contribution in [0.1, 0.15) is 46.0 Å². The molecule has 2 aliphatic rings.